The third-order valence-electron chi connectivity index (χ3n) is 13.4. The number of Topliss-reactive ketones (excluding diaryl/α,β-unsaturated/α-hetero) is 1. The molecule has 0 fully saturated rings. The Kier molecular flexibility index (Phi) is 7.30. The molecule has 65 heavy (non-hydrogen) atoms. The van der Waals surface area contributed by atoms with Crippen molar-refractivity contribution < 1.29 is 40.9 Å². The molecule has 2 aliphatic heterocycles. The second kappa shape index (κ2) is 12.5. The summed E-state index contributed by atoms with van der Waals surface area (Å²) in [5, 5.41) is 25.6. The van der Waals surface area contributed by atoms with Gasteiger partial charge in [0.25, 0.3) is 20.2 Å². The molecule has 6 N–H and O–H groups in total. The van der Waals surface area contributed by atoms with Gasteiger partial charge in [-0.1, -0.05) is 109 Å². The lowest BCUT2D eigenvalue weighted by Gasteiger charge is -2.41. The minimum Gasteiger partial charge on any atom is -0.355 e. The van der Waals surface area contributed by atoms with Gasteiger partial charge in [0.2, 0.25) is 5.78 Å². The number of anilines is 3. The topological polar surface area (TPSA) is 204 Å². The zero-order valence-electron chi connectivity index (χ0n) is 33.4. The van der Waals surface area contributed by atoms with E-state index in [2.05, 4.69) is 16.0 Å². The molecule has 15 heteroatoms. The molecule has 3 aliphatic carbocycles. The first kappa shape index (κ1) is 37.9. The number of nitrogens with zero attached hydrogens (tertiary/aromatic N) is 1. The number of carbonyl (C=O) groups excluding carboxylic acids is 1. The van der Waals surface area contributed by atoms with Gasteiger partial charge in [0.1, 0.15) is 0 Å². The number of benzene rings is 8. The van der Waals surface area contributed by atoms with Gasteiger partial charge in [0.05, 0.1) is 32.0 Å². The van der Waals surface area contributed by atoms with Crippen LogP contribution in [0, 0.1) is 0 Å². The van der Waals surface area contributed by atoms with E-state index in [1.165, 1.54) is 24.3 Å². The van der Waals surface area contributed by atoms with E-state index in [0.29, 0.717) is 55.3 Å². The highest BCUT2D eigenvalue weighted by Gasteiger charge is 2.50. The van der Waals surface area contributed by atoms with Crippen molar-refractivity contribution in [3.63, 3.8) is 0 Å². The molecule has 2 unspecified atom stereocenters. The molecule has 13 nitrogen and oxygen atoms in total. The lowest BCUT2D eigenvalue weighted by atomic mass is 9.79. The highest BCUT2D eigenvalue weighted by atomic mass is 32.2. The summed E-state index contributed by atoms with van der Waals surface area (Å²) in [5.41, 5.74) is 5.26. The lowest BCUT2D eigenvalue weighted by molar-refractivity contribution is -0.198. The summed E-state index contributed by atoms with van der Waals surface area (Å²) in [6.07, 6.45) is 0. The normalized spacial score (nSPS) is 20.3. The number of allylic oxidation sites excluding steroid dienone is 2. The number of fused-ring (bicyclic) bond motifs is 10. The Labute approximate surface area is 369 Å². The first-order valence-corrected chi connectivity index (χ1v) is 23.3. The van der Waals surface area contributed by atoms with Crippen molar-refractivity contribution in [2.45, 2.75) is 21.1 Å². The molecule has 0 saturated heterocycles. The van der Waals surface area contributed by atoms with E-state index >= 15 is 4.79 Å². The van der Waals surface area contributed by atoms with Crippen molar-refractivity contribution >= 4 is 75.8 Å². The molecule has 0 radical (unpaired) electrons. The fourth-order valence-corrected chi connectivity index (χ4v) is 11.7. The summed E-state index contributed by atoms with van der Waals surface area (Å²) in [6.45, 7) is 0. The predicted molar refractivity (Wildman–Crippen MR) is 244 cm³/mol. The number of hydrogen-bond donors (Lipinski definition) is 6. The maximum Gasteiger partial charge on any atom is 0.294 e. The number of hydrogen-bond acceptors (Lipinski definition) is 11. The van der Waals surface area contributed by atoms with E-state index in [-0.39, 0.29) is 26.7 Å². The number of carbonyl (C=O) groups is 1. The Balaban J connectivity index is 1.07. The Hall–Kier alpha value is -7.66. The molecule has 13 rings (SSSR count). The fourth-order valence-electron chi connectivity index (χ4n) is 10.7. The van der Waals surface area contributed by atoms with Gasteiger partial charge in [-0.2, -0.15) is 16.8 Å². The number of rotatable bonds is 4. The van der Waals surface area contributed by atoms with Crippen molar-refractivity contribution in [1.29, 1.82) is 0 Å². The van der Waals surface area contributed by atoms with E-state index < -0.39 is 37.3 Å². The van der Waals surface area contributed by atoms with Gasteiger partial charge >= 0.3 is 0 Å². The maximum atomic E-state index is 15.1. The van der Waals surface area contributed by atoms with Crippen LogP contribution in [0.2, 0.25) is 0 Å². The number of ketones is 1. The molecule has 2 spiro atoms. The van der Waals surface area contributed by atoms with Crippen LogP contribution in [0.3, 0.4) is 0 Å². The molecule has 8 aromatic carbocycles. The second-order valence-corrected chi connectivity index (χ2v) is 19.5. The average Bonchev–Trinajstić information content (AvgIpc) is 3.71. The zero-order chi connectivity index (χ0) is 44.4. The Morgan fingerprint density at radius 2 is 1.09 bits per heavy atom. The summed E-state index contributed by atoms with van der Waals surface area (Å²) in [5.74, 6) is -0.552. The van der Waals surface area contributed by atoms with Crippen molar-refractivity contribution in [3.05, 3.63) is 190 Å². The van der Waals surface area contributed by atoms with Crippen LogP contribution in [0.4, 0.5) is 17.1 Å². The Morgan fingerprint density at radius 1 is 0.523 bits per heavy atom. The lowest BCUT2D eigenvalue weighted by Crippen LogP contribution is -2.45. The quantitative estimate of drug-likeness (QED) is 0.0570. The van der Waals surface area contributed by atoms with Gasteiger partial charge in [-0.15, -0.1) is 0 Å². The van der Waals surface area contributed by atoms with Gasteiger partial charge in [-0.05, 0) is 69.4 Å². The smallest absolute Gasteiger partial charge is 0.294 e. The van der Waals surface area contributed by atoms with Gasteiger partial charge < -0.3 is 20.8 Å². The minimum atomic E-state index is -4.61. The second-order valence-electron chi connectivity index (χ2n) is 16.7. The van der Waals surface area contributed by atoms with Crippen molar-refractivity contribution in [1.82, 2.24) is 0 Å². The van der Waals surface area contributed by atoms with Crippen LogP contribution in [-0.4, -0.2) is 37.0 Å². The van der Waals surface area contributed by atoms with E-state index in [1.54, 1.807) is 24.3 Å². The molecule has 8 aromatic rings. The molecule has 0 bridgehead atoms. The third kappa shape index (κ3) is 4.90. The van der Waals surface area contributed by atoms with Gasteiger partial charge in [-0.25, -0.2) is 10.2 Å². The molecule has 2 heterocycles. The Morgan fingerprint density at radius 3 is 1.78 bits per heavy atom. The largest absolute Gasteiger partial charge is 0.355 e. The number of nitrogens with one attached hydrogen (secondary N) is 3. The highest BCUT2D eigenvalue weighted by molar-refractivity contribution is 7.86. The van der Waals surface area contributed by atoms with Gasteiger partial charge in [0.15, 0.2) is 17.1 Å². The van der Waals surface area contributed by atoms with Crippen LogP contribution >= 0.6 is 0 Å². The fraction of sp³-hybridized carbons (Fsp3) is 0.0400. The van der Waals surface area contributed by atoms with Gasteiger partial charge in [0, 0.05) is 55.2 Å². The monoisotopic (exact) mass is 894 g/mol. The average molecular weight is 895 g/mol. The molecule has 0 saturated carbocycles. The first-order valence-electron chi connectivity index (χ1n) is 20.4. The van der Waals surface area contributed by atoms with Crippen LogP contribution < -0.4 is 26.5 Å². The van der Waals surface area contributed by atoms with Crippen LogP contribution in [-0.2, 0) is 41.2 Å². The van der Waals surface area contributed by atoms with Gasteiger partial charge in [-0.3, -0.25) is 13.9 Å². The molecule has 316 valence electrons. The minimum absolute atomic E-state index is 0.0618. The van der Waals surface area contributed by atoms with E-state index in [4.69, 9.17) is 9.88 Å². The van der Waals surface area contributed by atoms with Crippen LogP contribution in [0.5, 0.6) is 0 Å². The maximum absolute atomic E-state index is 15.1. The van der Waals surface area contributed by atoms with Crippen molar-refractivity contribution in [2.24, 2.45) is 4.99 Å². The van der Waals surface area contributed by atoms with Crippen LogP contribution in [0.25, 0.3) is 54.9 Å². The standard InChI is InChI=1S/C50H30N4O9S2/c55-47-43(33-19-15-25-7-5-13-39-41(25)45(33)53-49(51-39)35-11-3-1-9-29(35)31-21-17-27(23-37(31)49)64(57,58)59)48(63-56)44(47)34-20-16-26-8-6-14-40-42(26)46(34)54-50(52-40)36-12-4-2-10-30(36)32-22-18-28(24-38(32)50)65(60,61)62/h1-24,51-53,56H,(H,57,58,59)(H,60,61,62). The molecule has 2 atom stereocenters. The van der Waals surface area contributed by atoms with Crippen LogP contribution in [0.1, 0.15) is 27.8 Å². The van der Waals surface area contributed by atoms with E-state index in [1.807, 2.05) is 97.1 Å². The highest BCUT2D eigenvalue weighted by Crippen LogP contribution is 2.56. The van der Waals surface area contributed by atoms with Crippen molar-refractivity contribution in [2.75, 3.05) is 16.0 Å². The molecule has 0 aromatic heterocycles. The summed E-state index contributed by atoms with van der Waals surface area (Å²) in [7, 11) is -9.21. The SMILES string of the molecule is O=C1C(c2ccc3cccc4c3c2NC2(N4)c3ccccc3-c3ccc(S(=O)(=O)O)cc32)=C(OO)C1=c1ccc2cccc3c2c1=NC1(N3)c2ccccc2-c2ccc(S(=O)(=O)O)cc21. The zero-order valence-corrected chi connectivity index (χ0v) is 35.0. The molecular formula is C50H30N4O9S2. The third-order valence-corrected chi connectivity index (χ3v) is 15.1. The summed E-state index contributed by atoms with van der Waals surface area (Å²) in [4.78, 5) is 25.1. The molecular weight excluding hydrogens is 865 g/mol. The van der Waals surface area contributed by atoms with Crippen molar-refractivity contribution in [3.8, 4) is 22.3 Å². The summed E-state index contributed by atoms with van der Waals surface area (Å²) < 4.78 is 70.5. The predicted octanol–water partition coefficient (Wildman–Crippen LogP) is 7.77. The molecule has 0 amide bonds. The first-order chi connectivity index (χ1) is 31.3. The Bertz CT molecular complexity index is 4020. The van der Waals surface area contributed by atoms with E-state index in [9.17, 15) is 31.2 Å². The summed E-state index contributed by atoms with van der Waals surface area (Å²) in [6, 6.07) is 42.7. The van der Waals surface area contributed by atoms with Crippen LogP contribution in [0.15, 0.2) is 166 Å². The van der Waals surface area contributed by atoms with E-state index in [0.717, 1.165) is 44.0 Å². The molecule has 5 aliphatic rings. The summed E-state index contributed by atoms with van der Waals surface area (Å²) >= 11 is 0.